The molecule has 0 saturated heterocycles. The van der Waals surface area contributed by atoms with Gasteiger partial charge in [0.05, 0.1) is 12.0 Å². The van der Waals surface area contributed by atoms with E-state index in [-0.39, 0.29) is 4.90 Å². The van der Waals surface area contributed by atoms with Crippen molar-refractivity contribution in [3.05, 3.63) is 59.1 Å². The third-order valence-electron chi connectivity index (χ3n) is 3.06. The highest BCUT2D eigenvalue weighted by atomic mass is 35.5. The van der Waals surface area contributed by atoms with E-state index in [4.69, 9.17) is 16.3 Å². The molecule has 1 N–H and O–H groups in total. The molecule has 0 saturated carbocycles. The molecule has 0 bridgehead atoms. The Kier molecular flexibility index (Phi) is 4.88. The Labute approximate surface area is 129 Å². The number of halogens is 1. The number of sulfonamides is 1. The van der Waals surface area contributed by atoms with E-state index in [1.165, 1.54) is 12.1 Å². The first-order valence-electron chi connectivity index (χ1n) is 6.35. The Morgan fingerprint density at radius 1 is 1.10 bits per heavy atom. The minimum Gasteiger partial charge on any atom is -0.496 e. The van der Waals surface area contributed by atoms with E-state index in [0.29, 0.717) is 10.8 Å². The van der Waals surface area contributed by atoms with E-state index in [0.717, 1.165) is 5.56 Å². The van der Waals surface area contributed by atoms with Gasteiger partial charge in [0.25, 0.3) is 0 Å². The van der Waals surface area contributed by atoms with Crippen molar-refractivity contribution in [1.29, 1.82) is 0 Å². The van der Waals surface area contributed by atoms with Crippen molar-refractivity contribution in [1.82, 2.24) is 4.72 Å². The minimum atomic E-state index is -3.61. The largest absolute Gasteiger partial charge is 0.496 e. The molecule has 0 radical (unpaired) electrons. The average molecular weight is 326 g/mol. The number of rotatable bonds is 5. The predicted octanol–water partition coefficient (Wildman–Crippen LogP) is 3.39. The molecule has 0 unspecified atom stereocenters. The first-order valence-corrected chi connectivity index (χ1v) is 8.21. The van der Waals surface area contributed by atoms with Crippen molar-refractivity contribution in [2.45, 2.75) is 17.9 Å². The summed E-state index contributed by atoms with van der Waals surface area (Å²) in [7, 11) is -2.06. The van der Waals surface area contributed by atoms with Crippen molar-refractivity contribution >= 4 is 21.6 Å². The molecule has 2 rings (SSSR count). The van der Waals surface area contributed by atoms with Gasteiger partial charge < -0.3 is 4.74 Å². The summed E-state index contributed by atoms with van der Waals surface area (Å²) in [5.74, 6) is 0.642. The second kappa shape index (κ2) is 6.47. The molecule has 0 aliphatic rings. The van der Waals surface area contributed by atoms with Gasteiger partial charge in [0.1, 0.15) is 5.75 Å². The van der Waals surface area contributed by atoms with Gasteiger partial charge in [-0.1, -0.05) is 29.8 Å². The number of methoxy groups -OCH3 is 1. The summed E-state index contributed by atoms with van der Waals surface area (Å²) in [6.07, 6.45) is 0. The molecule has 0 aromatic heterocycles. The summed E-state index contributed by atoms with van der Waals surface area (Å²) in [4.78, 5) is 0.175. The summed E-state index contributed by atoms with van der Waals surface area (Å²) in [5, 5.41) is 0.492. The lowest BCUT2D eigenvalue weighted by molar-refractivity contribution is 0.405. The summed E-state index contributed by atoms with van der Waals surface area (Å²) < 4.78 is 32.5. The molecule has 0 aliphatic carbocycles. The van der Waals surface area contributed by atoms with E-state index in [9.17, 15) is 8.42 Å². The van der Waals surface area contributed by atoms with Crippen LogP contribution in [0.5, 0.6) is 5.75 Å². The van der Waals surface area contributed by atoms with Crippen molar-refractivity contribution in [2.24, 2.45) is 0 Å². The van der Waals surface area contributed by atoms with Gasteiger partial charge >= 0.3 is 0 Å². The van der Waals surface area contributed by atoms with Crippen LogP contribution in [0.1, 0.15) is 18.5 Å². The maximum atomic E-state index is 12.3. The Bertz CT molecular complexity index is 714. The van der Waals surface area contributed by atoms with Crippen LogP contribution < -0.4 is 9.46 Å². The Hall–Kier alpha value is -1.56. The van der Waals surface area contributed by atoms with E-state index >= 15 is 0 Å². The maximum Gasteiger partial charge on any atom is 0.241 e. The smallest absolute Gasteiger partial charge is 0.241 e. The van der Waals surface area contributed by atoms with E-state index in [1.807, 2.05) is 18.2 Å². The van der Waals surface area contributed by atoms with E-state index < -0.39 is 16.1 Å². The van der Waals surface area contributed by atoms with Crippen molar-refractivity contribution in [2.75, 3.05) is 7.11 Å². The molecular formula is C15H16ClNO3S. The monoisotopic (exact) mass is 325 g/mol. The molecule has 0 aliphatic heterocycles. The second-order valence-corrected chi connectivity index (χ2v) is 6.69. The van der Waals surface area contributed by atoms with Crippen LogP contribution in [0.4, 0.5) is 0 Å². The molecule has 21 heavy (non-hydrogen) atoms. The minimum absolute atomic E-state index is 0.175. The number of hydrogen-bond donors (Lipinski definition) is 1. The van der Waals surface area contributed by atoms with Gasteiger partial charge in [-0.2, -0.15) is 0 Å². The number of nitrogens with one attached hydrogen (secondary N) is 1. The zero-order chi connectivity index (χ0) is 15.5. The van der Waals surface area contributed by atoms with Gasteiger partial charge in [-0.3, -0.25) is 0 Å². The van der Waals surface area contributed by atoms with Gasteiger partial charge in [-0.25, -0.2) is 13.1 Å². The van der Waals surface area contributed by atoms with Crippen LogP contribution in [0.25, 0.3) is 0 Å². The lowest BCUT2D eigenvalue weighted by atomic mass is 10.1. The fourth-order valence-corrected chi connectivity index (χ4v) is 3.35. The van der Waals surface area contributed by atoms with Crippen LogP contribution in [-0.4, -0.2) is 15.5 Å². The summed E-state index contributed by atoms with van der Waals surface area (Å²) >= 11 is 5.77. The summed E-state index contributed by atoms with van der Waals surface area (Å²) in [6, 6.07) is 12.9. The third kappa shape index (κ3) is 3.75. The van der Waals surface area contributed by atoms with Gasteiger partial charge in [-0.15, -0.1) is 0 Å². The molecule has 1 atom stereocenters. The maximum absolute atomic E-state index is 12.3. The van der Waals surface area contributed by atoms with Gasteiger partial charge in [0.2, 0.25) is 10.0 Å². The normalized spacial score (nSPS) is 12.9. The van der Waals surface area contributed by atoms with E-state index in [1.54, 1.807) is 32.2 Å². The zero-order valence-electron chi connectivity index (χ0n) is 11.7. The lowest BCUT2D eigenvalue weighted by Gasteiger charge is -2.17. The van der Waals surface area contributed by atoms with Gasteiger partial charge in [-0.05, 0) is 37.3 Å². The highest BCUT2D eigenvalue weighted by Gasteiger charge is 2.20. The zero-order valence-corrected chi connectivity index (χ0v) is 13.3. The standard InChI is InChI=1S/C15H16ClNO3S/c1-11(14-5-3-4-6-15(14)20-2)17-21(18,19)13-9-7-12(16)8-10-13/h3-11,17H,1-2H3/t11-/m1/s1. The van der Waals surface area contributed by atoms with Crippen molar-refractivity contribution in [3.63, 3.8) is 0 Å². The lowest BCUT2D eigenvalue weighted by Crippen LogP contribution is -2.27. The quantitative estimate of drug-likeness (QED) is 0.916. The second-order valence-electron chi connectivity index (χ2n) is 4.54. The molecule has 0 fully saturated rings. The highest BCUT2D eigenvalue weighted by molar-refractivity contribution is 7.89. The van der Waals surface area contributed by atoms with Crippen LogP contribution in [0.15, 0.2) is 53.4 Å². The van der Waals surface area contributed by atoms with E-state index in [2.05, 4.69) is 4.72 Å². The Morgan fingerprint density at radius 2 is 1.71 bits per heavy atom. The fraction of sp³-hybridized carbons (Fsp3) is 0.200. The number of ether oxygens (including phenoxy) is 1. The van der Waals surface area contributed by atoms with Crippen LogP contribution in [0, 0.1) is 0 Å². The molecule has 112 valence electrons. The van der Waals surface area contributed by atoms with Crippen LogP contribution in [-0.2, 0) is 10.0 Å². The number of benzene rings is 2. The molecule has 2 aromatic carbocycles. The molecule has 0 spiro atoms. The highest BCUT2D eigenvalue weighted by Crippen LogP contribution is 2.26. The first kappa shape index (κ1) is 15.8. The summed E-state index contributed by atoms with van der Waals surface area (Å²) in [5.41, 5.74) is 0.775. The molecule has 4 nitrogen and oxygen atoms in total. The fourth-order valence-electron chi connectivity index (χ4n) is 2.00. The number of hydrogen-bond acceptors (Lipinski definition) is 3. The SMILES string of the molecule is COc1ccccc1[C@@H](C)NS(=O)(=O)c1ccc(Cl)cc1. The van der Waals surface area contributed by atoms with Crippen LogP contribution >= 0.6 is 11.6 Å². The average Bonchev–Trinajstić information content (AvgIpc) is 2.47. The molecule has 0 amide bonds. The predicted molar refractivity (Wildman–Crippen MR) is 83.2 cm³/mol. The van der Waals surface area contributed by atoms with Gasteiger partial charge in [0.15, 0.2) is 0 Å². The van der Waals surface area contributed by atoms with Gasteiger partial charge in [0, 0.05) is 16.6 Å². The van der Waals surface area contributed by atoms with Crippen LogP contribution in [0.3, 0.4) is 0 Å². The molecular weight excluding hydrogens is 310 g/mol. The molecule has 0 heterocycles. The third-order valence-corrected chi connectivity index (χ3v) is 4.87. The van der Waals surface area contributed by atoms with Crippen LogP contribution in [0.2, 0.25) is 5.02 Å². The Morgan fingerprint density at radius 3 is 2.33 bits per heavy atom. The number of para-hydroxylation sites is 1. The summed E-state index contributed by atoms with van der Waals surface area (Å²) in [6.45, 7) is 1.77. The Balaban J connectivity index is 2.25. The topological polar surface area (TPSA) is 55.4 Å². The molecule has 2 aromatic rings. The molecule has 6 heteroatoms. The first-order chi connectivity index (χ1) is 9.94. The van der Waals surface area contributed by atoms with Crippen molar-refractivity contribution in [3.8, 4) is 5.75 Å². The van der Waals surface area contributed by atoms with Crippen molar-refractivity contribution < 1.29 is 13.2 Å².